The van der Waals surface area contributed by atoms with Crippen LogP contribution >= 0.6 is 0 Å². The Morgan fingerprint density at radius 2 is 1.73 bits per heavy atom. The van der Waals surface area contributed by atoms with Crippen LogP contribution < -0.4 is 0 Å². The van der Waals surface area contributed by atoms with Crippen molar-refractivity contribution in [3.8, 4) is 0 Å². The van der Waals surface area contributed by atoms with Crippen LogP contribution in [0.1, 0.15) is 20.8 Å². The maximum Gasteiger partial charge on any atom is 0.0676 e. The van der Waals surface area contributed by atoms with E-state index < -0.39 is 0 Å². The fourth-order valence-corrected chi connectivity index (χ4v) is 0.313. The van der Waals surface area contributed by atoms with Gasteiger partial charge >= 0.3 is 0 Å². The van der Waals surface area contributed by atoms with E-state index in [4.69, 9.17) is 5.11 Å². The van der Waals surface area contributed by atoms with E-state index in [-0.39, 0.29) is 6.61 Å². The van der Waals surface area contributed by atoms with Crippen LogP contribution in [-0.2, 0) is 0 Å². The fraction of sp³-hybridized carbons (Fsp3) is 0.400. The van der Waals surface area contributed by atoms with Crippen LogP contribution in [0.5, 0.6) is 0 Å². The first-order valence-electron chi connectivity index (χ1n) is 3.79. The topological polar surface area (TPSA) is 20.2 Å². The van der Waals surface area contributed by atoms with Crippen molar-refractivity contribution in [2.45, 2.75) is 20.8 Å². The highest BCUT2D eigenvalue weighted by Crippen LogP contribution is 1.94. The molecule has 11 heavy (non-hydrogen) atoms. The van der Waals surface area contributed by atoms with Gasteiger partial charge < -0.3 is 5.11 Å². The molecule has 0 aromatic rings. The Hall–Kier alpha value is -0.820. The molecule has 0 saturated heterocycles. The number of aliphatic hydroxyl groups is 1. The van der Waals surface area contributed by atoms with Gasteiger partial charge in [0.25, 0.3) is 0 Å². The van der Waals surface area contributed by atoms with Crippen molar-refractivity contribution < 1.29 is 5.11 Å². The smallest absolute Gasteiger partial charge is 0.0676 e. The van der Waals surface area contributed by atoms with Crippen molar-refractivity contribution in [3.05, 3.63) is 36.5 Å². The van der Waals surface area contributed by atoms with E-state index in [0.29, 0.717) is 5.57 Å². The average Bonchev–Trinajstić information content (AvgIpc) is 2.04. The number of hydrogen-bond donors (Lipinski definition) is 1. The van der Waals surface area contributed by atoms with Crippen molar-refractivity contribution in [1.82, 2.24) is 0 Å². The molecule has 0 fully saturated rings. The third-order valence-electron chi connectivity index (χ3n) is 0.807. The molecule has 0 aromatic heterocycles. The van der Waals surface area contributed by atoms with Gasteiger partial charge in [-0.1, -0.05) is 44.7 Å². The van der Waals surface area contributed by atoms with Crippen LogP contribution in [0.4, 0.5) is 0 Å². The SMILES string of the molecule is C=C(C)/C=C\C(=C)CO.CC. The van der Waals surface area contributed by atoms with Crippen LogP contribution in [0.15, 0.2) is 36.5 Å². The number of aliphatic hydroxyl groups excluding tert-OH is 1. The Labute approximate surface area is 69.8 Å². The van der Waals surface area contributed by atoms with Crippen molar-refractivity contribution >= 4 is 0 Å². The van der Waals surface area contributed by atoms with E-state index in [1.807, 2.05) is 26.8 Å². The summed E-state index contributed by atoms with van der Waals surface area (Å²) in [6.07, 6.45) is 3.57. The van der Waals surface area contributed by atoms with Gasteiger partial charge in [-0.15, -0.1) is 0 Å². The number of allylic oxidation sites excluding steroid dienone is 2. The normalized spacial score (nSPS) is 8.73. The lowest BCUT2D eigenvalue weighted by Gasteiger charge is -1.89. The summed E-state index contributed by atoms with van der Waals surface area (Å²) in [7, 11) is 0. The molecule has 0 spiro atoms. The molecule has 0 bridgehead atoms. The van der Waals surface area contributed by atoms with Crippen molar-refractivity contribution in [3.63, 3.8) is 0 Å². The van der Waals surface area contributed by atoms with E-state index in [2.05, 4.69) is 13.2 Å². The van der Waals surface area contributed by atoms with Gasteiger partial charge in [0.15, 0.2) is 0 Å². The minimum Gasteiger partial charge on any atom is -0.392 e. The fourth-order valence-electron chi connectivity index (χ4n) is 0.313. The Bertz CT molecular complexity index is 143. The van der Waals surface area contributed by atoms with Gasteiger partial charge in [-0.3, -0.25) is 0 Å². The molecule has 64 valence electrons. The van der Waals surface area contributed by atoms with Gasteiger partial charge in [0.05, 0.1) is 6.61 Å². The molecule has 0 heterocycles. The van der Waals surface area contributed by atoms with Gasteiger partial charge in [-0.25, -0.2) is 0 Å². The van der Waals surface area contributed by atoms with Crippen LogP contribution in [0.25, 0.3) is 0 Å². The Kier molecular flexibility index (Phi) is 10.7. The first-order chi connectivity index (χ1) is 5.16. The summed E-state index contributed by atoms with van der Waals surface area (Å²) in [4.78, 5) is 0. The highest BCUT2D eigenvalue weighted by Gasteiger charge is 1.80. The zero-order valence-electron chi connectivity index (χ0n) is 7.72. The summed E-state index contributed by atoms with van der Waals surface area (Å²) < 4.78 is 0. The Morgan fingerprint density at radius 3 is 2.00 bits per heavy atom. The van der Waals surface area contributed by atoms with Crippen molar-refractivity contribution in [2.24, 2.45) is 0 Å². The standard InChI is InChI=1S/C8H12O.C2H6/c1-7(2)4-5-8(3)6-9;1-2/h4-5,9H,1,3,6H2,2H3;1-2H3/b5-4-;. The molecule has 0 rings (SSSR count). The average molecular weight is 154 g/mol. The lowest BCUT2D eigenvalue weighted by Crippen LogP contribution is -1.81. The van der Waals surface area contributed by atoms with Crippen LogP contribution in [0, 0.1) is 0 Å². The minimum atomic E-state index is 0.0176. The molecule has 0 aliphatic carbocycles. The van der Waals surface area contributed by atoms with E-state index in [1.165, 1.54) is 0 Å². The second-order valence-electron chi connectivity index (χ2n) is 2.00. The minimum absolute atomic E-state index is 0.0176. The summed E-state index contributed by atoms with van der Waals surface area (Å²) in [5.41, 5.74) is 1.67. The molecule has 0 aliphatic rings. The van der Waals surface area contributed by atoms with Gasteiger partial charge in [-0.05, 0) is 12.5 Å². The molecule has 1 heteroatoms. The molecule has 0 radical (unpaired) electrons. The second kappa shape index (κ2) is 9.18. The predicted molar refractivity (Wildman–Crippen MR) is 51.5 cm³/mol. The van der Waals surface area contributed by atoms with Crippen molar-refractivity contribution in [1.29, 1.82) is 0 Å². The predicted octanol–water partition coefficient (Wildman–Crippen LogP) is 2.69. The van der Waals surface area contributed by atoms with Gasteiger partial charge in [0.2, 0.25) is 0 Å². The van der Waals surface area contributed by atoms with E-state index >= 15 is 0 Å². The molecule has 0 atom stereocenters. The Morgan fingerprint density at radius 1 is 1.27 bits per heavy atom. The Balaban J connectivity index is 0. The van der Waals surface area contributed by atoms with Gasteiger partial charge in [0.1, 0.15) is 0 Å². The maximum absolute atomic E-state index is 8.47. The third-order valence-corrected chi connectivity index (χ3v) is 0.807. The van der Waals surface area contributed by atoms with E-state index in [0.717, 1.165) is 5.57 Å². The third kappa shape index (κ3) is 12.4. The largest absolute Gasteiger partial charge is 0.392 e. The van der Waals surface area contributed by atoms with Crippen LogP contribution in [-0.4, -0.2) is 11.7 Å². The number of hydrogen-bond acceptors (Lipinski definition) is 1. The summed E-state index contributed by atoms with van der Waals surface area (Å²) >= 11 is 0. The zero-order valence-corrected chi connectivity index (χ0v) is 7.72. The van der Waals surface area contributed by atoms with Crippen LogP contribution in [0.2, 0.25) is 0 Å². The molecule has 0 saturated carbocycles. The van der Waals surface area contributed by atoms with E-state index in [1.54, 1.807) is 6.08 Å². The number of rotatable bonds is 3. The summed E-state index contributed by atoms with van der Waals surface area (Å²) in [5, 5.41) is 8.47. The summed E-state index contributed by atoms with van der Waals surface area (Å²) in [5.74, 6) is 0. The highest BCUT2D eigenvalue weighted by molar-refractivity contribution is 5.22. The molecule has 1 nitrogen and oxygen atoms in total. The molecule has 0 aromatic carbocycles. The van der Waals surface area contributed by atoms with E-state index in [9.17, 15) is 0 Å². The second-order valence-corrected chi connectivity index (χ2v) is 2.00. The first kappa shape index (κ1) is 12.8. The van der Waals surface area contributed by atoms with Gasteiger partial charge in [-0.2, -0.15) is 0 Å². The monoisotopic (exact) mass is 154 g/mol. The summed E-state index contributed by atoms with van der Waals surface area (Å²) in [6.45, 7) is 13.1. The lowest BCUT2D eigenvalue weighted by molar-refractivity contribution is 0.335. The van der Waals surface area contributed by atoms with Gasteiger partial charge in [0, 0.05) is 0 Å². The molecule has 0 unspecified atom stereocenters. The molecule has 1 N–H and O–H groups in total. The molecule has 0 amide bonds. The van der Waals surface area contributed by atoms with Crippen LogP contribution in [0.3, 0.4) is 0 Å². The molecule has 0 aliphatic heterocycles. The molecular weight excluding hydrogens is 136 g/mol. The summed E-state index contributed by atoms with van der Waals surface area (Å²) in [6, 6.07) is 0. The highest BCUT2D eigenvalue weighted by atomic mass is 16.3. The zero-order chi connectivity index (χ0) is 9.28. The lowest BCUT2D eigenvalue weighted by atomic mass is 10.2. The quantitative estimate of drug-likeness (QED) is 0.620. The molecular formula is C10H18O. The van der Waals surface area contributed by atoms with Crippen molar-refractivity contribution in [2.75, 3.05) is 6.61 Å². The first-order valence-corrected chi connectivity index (χ1v) is 3.79. The maximum atomic E-state index is 8.47.